The number of carbonyl (C=O) groups excluding carboxylic acids is 4. The lowest BCUT2D eigenvalue weighted by Crippen LogP contribution is -2.57. The van der Waals surface area contributed by atoms with Gasteiger partial charge in [0.05, 0.1) is 6.04 Å². The van der Waals surface area contributed by atoms with Gasteiger partial charge in [-0.2, -0.15) is 0 Å². The Kier molecular flexibility index (Phi) is 10.2. The van der Waals surface area contributed by atoms with Crippen molar-refractivity contribution in [2.75, 3.05) is 6.54 Å². The Balaban J connectivity index is 2.78. The second-order valence-electron chi connectivity index (χ2n) is 7.66. The third-order valence-electron chi connectivity index (χ3n) is 5.22. The first-order chi connectivity index (χ1) is 14.1. The molecule has 1 aliphatic heterocycles. The quantitative estimate of drug-likeness (QED) is 0.222. The molecule has 1 saturated heterocycles. The van der Waals surface area contributed by atoms with Crippen molar-refractivity contribution >= 4 is 29.6 Å². The summed E-state index contributed by atoms with van der Waals surface area (Å²) in [6.07, 6.45) is 1.80. The maximum Gasteiger partial charge on any atom is 0.326 e. The predicted molar refractivity (Wildman–Crippen MR) is 108 cm³/mol. The van der Waals surface area contributed by atoms with E-state index in [-0.39, 0.29) is 30.7 Å². The van der Waals surface area contributed by atoms with Crippen LogP contribution in [0.3, 0.4) is 0 Å². The van der Waals surface area contributed by atoms with E-state index in [1.165, 1.54) is 6.92 Å². The van der Waals surface area contributed by atoms with Crippen LogP contribution in [-0.4, -0.2) is 65.4 Å². The van der Waals surface area contributed by atoms with E-state index < -0.39 is 41.8 Å². The number of hydrogen-bond donors (Lipinski definition) is 6. The largest absolute Gasteiger partial charge is 0.480 e. The summed E-state index contributed by atoms with van der Waals surface area (Å²) in [6, 6.07) is -3.59. The van der Waals surface area contributed by atoms with E-state index in [2.05, 4.69) is 21.3 Å². The highest BCUT2D eigenvalue weighted by atomic mass is 16.4. The van der Waals surface area contributed by atoms with E-state index in [0.29, 0.717) is 12.8 Å². The second-order valence-corrected chi connectivity index (χ2v) is 7.66. The maximum absolute atomic E-state index is 12.6. The van der Waals surface area contributed by atoms with Gasteiger partial charge in [-0.3, -0.25) is 19.2 Å². The first-order valence-electron chi connectivity index (χ1n) is 10.2. The SMILES string of the molecule is CCC(C)C(NC(=O)C(CCC(N)=O)NC(=O)C(C)NC(=O)C1CCCN1)C(=O)O. The Morgan fingerprint density at radius 3 is 2.27 bits per heavy atom. The van der Waals surface area contributed by atoms with Crippen LogP contribution in [-0.2, 0) is 24.0 Å². The number of primary amides is 1. The van der Waals surface area contributed by atoms with E-state index in [0.717, 1.165) is 13.0 Å². The number of aliphatic carboxylic acids is 1. The molecule has 0 bridgehead atoms. The van der Waals surface area contributed by atoms with Gasteiger partial charge in [0, 0.05) is 6.42 Å². The number of rotatable bonds is 12. The highest BCUT2D eigenvalue weighted by Gasteiger charge is 2.31. The highest BCUT2D eigenvalue weighted by Crippen LogP contribution is 2.09. The number of nitrogens with two attached hydrogens (primary N) is 1. The predicted octanol–water partition coefficient (Wildman–Crippen LogP) is -1.39. The summed E-state index contributed by atoms with van der Waals surface area (Å²) in [5.41, 5.74) is 5.15. The summed E-state index contributed by atoms with van der Waals surface area (Å²) in [6.45, 7) is 5.69. The maximum atomic E-state index is 12.6. The Bertz CT molecular complexity index is 649. The van der Waals surface area contributed by atoms with Gasteiger partial charge in [0.15, 0.2) is 0 Å². The molecule has 5 atom stereocenters. The lowest BCUT2D eigenvalue weighted by Gasteiger charge is -2.25. The van der Waals surface area contributed by atoms with Gasteiger partial charge < -0.3 is 32.1 Å². The second kappa shape index (κ2) is 12.1. The molecule has 170 valence electrons. The lowest BCUT2D eigenvalue weighted by molar-refractivity contribution is -0.144. The van der Waals surface area contributed by atoms with Crippen molar-refractivity contribution in [2.45, 2.75) is 77.0 Å². The number of carboxylic acid groups (broad SMARTS) is 1. The van der Waals surface area contributed by atoms with E-state index in [9.17, 15) is 29.1 Å². The normalized spacial score (nSPS) is 19.8. The van der Waals surface area contributed by atoms with Crippen LogP contribution < -0.4 is 27.0 Å². The molecule has 0 aromatic heterocycles. The molecule has 0 radical (unpaired) electrons. The number of amides is 4. The van der Waals surface area contributed by atoms with Crippen molar-refractivity contribution < 1.29 is 29.1 Å². The lowest BCUT2D eigenvalue weighted by atomic mass is 9.98. The third-order valence-corrected chi connectivity index (χ3v) is 5.22. The minimum Gasteiger partial charge on any atom is -0.480 e. The Hall–Kier alpha value is -2.69. The van der Waals surface area contributed by atoms with Gasteiger partial charge in [-0.25, -0.2) is 4.79 Å². The van der Waals surface area contributed by atoms with E-state index in [1.54, 1.807) is 13.8 Å². The van der Waals surface area contributed by atoms with Crippen LogP contribution in [0.1, 0.15) is 52.9 Å². The molecule has 0 aliphatic carbocycles. The van der Waals surface area contributed by atoms with Crippen LogP contribution in [0.25, 0.3) is 0 Å². The fourth-order valence-electron chi connectivity index (χ4n) is 3.08. The van der Waals surface area contributed by atoms with Crippen LogP contribution in [0.4, 0.5) is 0 Å². The Morgan fingerprint density at radius 1 is 1.10 bits per heavy atom. The zero-order valence-corrected chi connectivity index (χ0v) is 17.7. The third kappa shape index (κ3) is 7.97. The summed E-state index contributed by atoms with van der Waals surface area (Å²) < 4.78 is 0. The summed E-state index contributed by atoms with van der Waals surface area (Å²) in [5, 5.41) is 19.9. The zero-order chi connectivity index (χ0) is 22.8. The van der Waals surface area contributed by atoms with Gasteiger partial charge in [0.2, 0.25) is 23.6 Å². The average Bonchev–Trinajstić information content (AvgIpc) is 3.22. The molecule has 5 unspecified atom stereocenters. The molecule has 4 amide bonds. The summed E-state index contributed by atoms with van der Waals surface area (Å²) in [5.74, 6) is -3.85. The summed E-state index contributed by atoms with van der Waals surface area (Å²) in [7, 11) is 0. The van der Waals surface area contributed by atoms with Crippen LogP contribution in [0, 0.1) is 5.92 Å². The van der Waals surface area contributed by atoms with Crippen molar-refractivity contribution in [3.63, 3.8) is 0 Å². The molecule has 1 rings (SSSR count). The minimum atomic E-state index is -1.19. The van der Waals surface area contributed by atoms with Crippen molar-refractivity contribution in [1.29, 1.82) is 0 Å². The molecule has 1 aliphatic rings. The minimum absolute atomic E-state index is 0.0927. The van der Waals surface area contributed by atoms with Gasteiger partial charge in [0.1, 0.15) is 18.1 Å². The average molecular weight is 428 g/mol. The molecule has 0 spiro atoms. The molecule has 0 aromatic carbocycles. The zero-order valence-electron chi connectivity index (χ0n) is 17.7. The highest BCUT2D eigenvalue weighted by molar-refractivity contribution is 5.94. The van der Waals surface area contributed by atoms with Gasteiger partial charge in [0.25, 0.3) is 0 Å². The van der Waals surface area contributed by atoms with Crippen molar-refractivity contribution in [1.82, 2.24) is 21.3 Å². The number of carboxylic acids is 1. The standard InChI is InChI=1S/C19H33N5O6/c1-4-10(2)15(19(29)30)24-18(28)13(7-8-14(20)25)23-16(26)11(3)22-17(27)12-6-5-9-21-12/h10-13,15,21H,4-9H2,1-3H3,(H2,20,25)(H,22,27)(H,23,26)(H,24,28)(H,29,30). The van der Waals surface area contributed by atoms with Gasteiger partial charge in [-0.15, -0.1) is 0 Å². The molecule has 0 saturated carbocycles. The summed E-state index contributed by atoms with van der Waals surface area (Å²) in [4.78, 5) is 59.9. The van der Waals surface area contributed by atoms with Crippen molar-refractivity contribution in [3.05, 3.63) is 0 Å². The summed E-state index contributed by atoms with van der Waals surface area (Å²) >= 11 is 0. The topological polar surface area (TPSA) is 180 Å². The molecular formula is C19H33N5O6. The van der Waals surface area contributed by atoms with Crippen LogP contribution in [0.15, 0.2) is 0 Å². The Morgan fingerprint density at radius 2 is 1.77 bits per heavy atom. The fraction of sp³-hybridized carbons (Fsp3) is 0.737. The smallest absolute Gasteiger partial charge is 0.326 e. The first kappa shape index (κ1) is 25.3. The number of nitrogens with one attached hydrogen (secondary N) is 4. The van der Waals surface area contributed by atoms with Crippen molar-refractivity contribution in [3.8, 4) is 0 Å². The first-order valence-corrected chi connectivity index (χ1v) is 10.2. The number of carbonyl (C=O) groups is 5. The van der Waals surface area contributed by atoms with Crippen LogP contribution in [0.2, 0.25) is 0 Å². The molecular weight excluding hydrogens is 394 g/mol. The van der Waals surface area contributed by atoms with E-state index in [4.69, 9.17) is 5.73 Å². The van der Waals surface area contributed by atoms with E-state index >= 15 is 0 Å². The number of hydrogen-bond acceptors (Lipinski definition) is 6. The monoisotopic (exact) mass is 427 g/mol. The van der Waals surface area contributed by atoms with E-state index in [1.807, 2.05) is 0 Å². The molecule has 11 nitrogen and oxygen atoms in total. The van der Waals surface area contributed by atoms with Crippen LogP contribution >= 0.6 is 0 Å². The molecule has 1 heterocycles. The molecule has 30 heavy (non-hydrogen) atoms. The molecule has 7 N–H and O–H groups in total. The Labute approximate surface area is 175 Å². The fourth-order valence-corrected chi connectivity index (χ4v) is 3.08. The molecule has 0 aromatic rings. The molecule has 11 heteroatoms. The van der Waals surface area contributed by atoms with Gasteiger partial charge in [-0.1, -0.05) is 20.3 Å². The van der Waals surface area contributed by atoms with Gasteiger partial charge >= 0.3 is 5.97 Å². The van der Waals surface area contributed by atoms with Gasteiger partial charge in [-0.05, 0) is 38.6 Å². The molecule has 1 fully saturated rings. The van der Waals surface area contributed by atoms with Crippen LogP contribution in [0.5, 0.6) is 0 Å². The van der Waals surface area contributed by atoms with Crippen molar-refractivity contribution in [2.24, 2.45) is 11.7 Å².